The highest BCUT2D eigenvalue weighted by atomic mass is 16.5. The predicted molar refractivity (Wildman–Crippen MR) is 75.7 cm³/mol. The van der Waals surface area contributed by atoms with Crippen molar-refractivity contribution in [3.05, 3.63) is 51.9 Å². The number of rotatable bonds is 6. The van der Waals surface area contributed by atoms with E-state index in [1.54, 1.807) is 4.68 Å². The third-order valence-electron chi connectivity index (χ3n) is 3.18. The fraction of sp³-hybridized carbons (Fsp3) is 0.400. The van der Waals surface area contributed by atoms with Crippen molar-refractivity contribution >= 4 is 0 Å². The molecule has 0 aliphatic carbocycles. The van der Waals surface area contributed by atoms with Crippen molar-refractivity contribution in [3.63, 3.8) is 0 Å². The minimum absolute atomic E-state index is 0.0801. The van der Waals surface area contributed by atoms with Crippen molar-refractivity contribution in [1.29, 1.82) is 0 Å². The minimum atomic E-state index is 0.0801. The zero-order chi connectivity index (χ0) is 13.7. The molecule has 0 unspecified atom stereocenters. The summed E-state index contributed by atoms with van der Waals surface area (Å²) >= 11 is 0. The molecule has 0 spiro atoms. The zero-order valence-electron chi connectivity index (χ0n) is 11.5. The van der Waals surface area contributed by atoms with Crippen LogP contribution in [0.5, 0.6) is 5.75 Å². The third kappa shape index (κ3) is 3.28. The molecule has 0 saturated carbocycles. The van der Waals surface area contributed by atoms with Crippen LogP contribution in [0.25, 0.3) is 0 Å². The van der Waals surface area contributed by atoms with E-state index >= 15 is 0 Å². The molecule has 0 atom stereocenters. The smallest absolute Gasteiger partial charge is 0.269 e. The second-order valence-electron chi connectivity index (χ2n) is 4.54. The second kappa shape index (κ2) is 6.27. The Hall–Kier alpha value is -1.97. The third-order valence-corrected chi connectivity index (χ3v) is 3.18. The Morgan fingerprint density at radius 2 is 2.00 bits per heavy atom. The molecule has 19 heavy (non-hydrogen) atoms. The van der Waals surface area contributed by atoms with Crippen molar-refractivity contribution in [2.75, 3.05) is 6.61 Å². The summed E-state index contributed by atoms with van der Waals surface area (Å²) in [5, 5.41) is 3.15. The molecule has 4 nitrogen and oxygen atoms in total. The Bertz CT molecular complexity index is 570. The first-order chi connectivity index (χ1) is 9.22. The maximum absolute atomic E-state index is 11.9. The van der Waals surface area contributed by atoms with Crippen molar-refractivity contribution < 1.29 is 4.74 Å². The first kappa shape index (κ1) is 13.5. The predicted octanol–water partition coefficient (Wildman–Crippen LogP) is 2.52. The van der Waals surface area contributed by atoms with Gasteiger partial charge in [0.15, 0.2) is 0 Å². The standard InChI is InChI=1S/C15H20N2O2/c1-3-14-12(2)15(18)17(16-14)10-7-11-19-13-8-5-4-6-9-13/h4-6,8-9,16H,3,7,10-11H2,1-2H3. The lowest BCUT2D eigenvalue weighted by Crippen LogP contribution is -2.19. The number of ether oxygens (including phenoxy) is 1. The second-order valence-corrected chi connectivity index (χ2v) is 4.54. The summed E-state index contributed by atoms with van der Waals surface area (Å²) in [5.41, 5.74) is 1.93. The summed E-state index contributed by atoms with van der Waals surface area (Å²) in [7, 11) is 0. The summed E-state index contributed by atoms with van der Waals surface area (Å²) in [5.74, 6) is 0.867. The van der Waals surface area contributed by atoms with Crippen LogP contribution in [0, 0.1) is 6.92 Å². The van der Waals surface area contributed by atoms with Gasteiger partial charge in [0, 0.05) is 24.2 Å². The molecule has 2 aromatic rings. The first-order valence-electron chi connectivity index (χ1n) is 6.68. The molecular formula is C15H20N2O2. The molecule has 0 amide bonds. The summed E-state index contributed by atoms with van der Waals surface area (Å²) in [4.78, 5) is 11.9. The number of hydrogen-bond donors (Lipinski definition) is 1. The number of nitrogens with zero attached hydrogens (tertiary/aromatic N) is 1. The van der Waals surface area contributed by atoms with Crippen LogP contribution in [-0.4, -0.2) is 16.4 Å². The van der Waals surface area contributed by atoms with Gasteiger partial charge >= 0.3 is 0 Å². The van der Waals surface area contributed by atoms with Gasteiger partial charge in [0.2, 0.25) is 0 Å². The average Bonchev–Trinajstić information content (AvgIpc) is 2.72. The number of benzene rings is 1. The SMILES string of the molecule is CCc1[nH]n(CCCOc2ccccc2)c(=O)c1C. The monoisotopic (exact) mass is 260 g/mol. The van der Waals surface area contributed by atoms with E-state index in [4.69, 9.17) is 4.74 Å². The van der Waals surface area contributed by atoms with Crippen LogP contribution in [-0.2, 0) is 13.0 Å². The Balaban J connectivity index is 1.85. The van der Waals surface area contributed by atoms with Gasteiger partial charge in [-0.15, -0.1) is 0 Å². The van der Waals surface area contributed by atoms with E-state index in [0.29, 0.717) is 13.2 Å². The number of para-hydroxylation sites is 1. The highest BCUT2D eigenvalue weighted by molar-refractivity contribution is 5.20. The molecule has 1 heterocycles. The molecule has 102 valence electrons. The van der Waals surface area contributed by atoms with Gasteiger partial charge < -0.3 is 4.74 Å². The normalized spacial score (nSPS) is 10.6. The van der Waals surface area contributed by atoms with E-state index in [1.165, 1.54) is 0 Å². The fourth-order valence-electron chi connectivity index (χ4n) is 2.06. The maximum Gasteiger partial charge on any atom is 0.269 e. The van der Waals surface area contributed by atoms with Crippen LogP contribution in [0.1, 0.15) is 24.6 Å². The number of H-pyrrole nitrogens is 1. The van der Waals surface area contributed by atoms with E-state index in [0.717, 1.165) is 29.8 Å². The van der Waals surface area contributed by atoms with Gasteiger partial charge in [0.25, 0.3) is 5.56 Å². The highest BCUT2D eigenvalue weighted by Crippen LogP contribution is 2.08. The quantitative estimate of drug-likeness (QED) is 0.811. The largest absolute Gasteiger partial charge is 0.494 e. The lowest BCUT2D eigenvalue weighted by Gasteiger charge is -2.06. The summed E-state index contributed by atoms with van der Waals surface area (Å²) in [6.07, 6.45) is 1.66. The maximum atomic E-state index is 11.9. The molecular weight excluding hydrogens is 240 g/mol. The molecule has 0 aliphatic rings. The number of aryl methyl sites for hydroxylation is 2. The molecule has 1 aromatic heterocycles. The van der Waals surface area contributed by atoms with Crippen LogP contribution in [0.3, 0.4) is 0 Å². The molecule has 1 aromatic carbocycles. The van der Waals surface area contributed by atoms with Crippen molar-refractivity contribution in [3.8, 4) is 5.75 Å². The van der Waals surface area contributed by atoms with Gasteiger partial charge in [-0.1, -0.05) is 25.1 Å². The number of aromatic nitrogens is 2. The van der Waals surface area contributed by atoms with E-state index in [1.807, 2.05) is 44.2 Å². The van der Waals surface area contributed by atoms with E-state index in [-0.39, 0.29) is 5.56 Å². The Morgan fingerprint density at radius 1 is 1.26 bits per heavy atom. The Kier molecular flexibility index (Phi) is 4.44. The highest BCUT2D eigenvalue weighted by Gasteiger charge is 2.07. The van der Waals surface area contributed by atoms with Gasteiger partial charge in [-0.2, -0.15) is 0 Å². The molecule has 0 bridgehead atoms. The Morgan fingerprint density at radius 3 is 2.63 bits per heavy atom. The molecule has 0 radical (unpaired) electrons. The minimum Gasteiger partial charge on any atom is -0.494 e. The fourth-order valence-corrected chi connectivity index (χ4v) is 2.06. The van der Waals surface area contributed by atoms with E-state index < -0.39 is 0 Å². The van der Waals surface area contributed by atoms with Gasteiger partial charge in [0.05, 0.1) is 6.61 Å². The molecule has 1 N–H and O–H groups in total. The summed E-state index contributed by atoms with van der Waals surface area (Å²) < 4.78 is 7.27. The van der Waals surface area contributed by atoms with Crippen LogP contribution >= 0.6 is 0 Å². The van der Waals surface area contributed by atoms with Gasteiger partial charge in [-0.25, -0.2) is 0 Å². The lowest BCUT2D eigenvalue weighted by atomic mass is 10.2. The van der Waals surface area contributed by atoms with E-state index in [9.17, 15) is 4.79 Å². The number of hydrogen-bond acceptors (Lipinski definition) is 2. The van der Waals surface area contributed by atoms with Crippen LogP contribution in [0.4, 0.5) is 0 Å². The van der Waals surface area contributed by atoms with Crippen LogP contribution < -0.4 is 10.3 Å². The van der Waals surface area contributed by atoms with Crippen molar-refractivity contribution in [2.45, 2.75) is 33.2 Å². The van der Waals surface area contributed by atoms with Gasteiger partial charge in [-0.05, 0) is 25.5 Å². The van der Waals surface area contributed by atoms with Gasteiger partial charge in [0.1, 0.15) is 5.75 Å². The van der Waals surface area contributed by atoms with Crippen LogP contribution in [0.2, 0.25) is 0 Å². The first-order valence-corrected chi connectivity index (χ1v) is 6.68. The molecule has 4 heteroatoms. The summed E-state index contributed by atoms with van der Waals surface area (Å²) in [6.45, 7) is 5.18. The zero-order valence-corrected chi connectivity index (χ0v) is 11.5. The molecule has 0 saturated heterocycles. The molecule has 2 rings (SSSR count). The Labute approximate surface area is 113 Å². The van der Waals surface area contributed by atoms with Crippen molar-refractivity contribution in [2.24, 2.45) is 0 Å². The molecule has 0 fully saturated rings. The summed E-state index contributed by atoms with van der Waals surface area (Å²) in [6, 6.07) is 9.71. The van der Waals surface area contributed by atoms with E-state index in [2.05, 4.69) is 5.10 Å². The molecule has 0 aliphatic heterocycles. The lowest BCUT2D eigenvalue weighted by molar-refractivity contribution is 0.297. The topological polar surface area (TPSA) is 47.0 Å². The number of aromatic amines is 1. The van der Waals surface area contributed by atoms with Gasteiger partial charge in [-0.3, -0.25) is 14.6 Å². The van der Waals surface area contributed by atoms with Crippen molar-refractivity contribution in [1.82, 2.24) is 9.78 Å². The number of nitrogens with one attached hydrogen (secondary N) is 1. The average molecular weight is 260 g/mol. The van der Waals surface area contributed by atoms with Crippen LogP contribution in [0.15, 0.2) is 35.1 Å².